The van der Waals surface area contributed by atoms with Gasteiger partial charge in [-0.1, -0.05) is 23.4 Å². The van der Waals surface area contributed by atoms with Crippen LogP contribution in [0.25, 0.3) is 11.4 Å². The SMILES string of the molecule is FC(F)[C@@H]1Oc2ccccc2C[C@H]1c1nc(-c2cn[nH]c2)no1. The molecule has 2 aromatic heterocycles. The van der Waals surface area contributed by atoms with Crippen LogP contribution in [0.3, 0.4) is 0 Å². The van der Waals surface area contributed by atoms with Crippen LogP contribution in [0.5, 0.6) is 5.75 Å². The molecule has 0 saturated carbocycles. The number of H-pyrrole nitrogens is 1. The fourth-order valence-corrected chi connectivity index (χ4v) is 2.70. The Morgan fingerprint density at radius 1 is 1.26 bits per heavy atom. The summed E-state index contributed by atoms with van der Waals surface area (Å²) in [5, 5.41) is 10.3. The van der Waals surface area contributed by atoms with Crippen molar-refractivity contribution in [3.05, 3.63) is 48.1 Å². The molecule has 0 amide bonds. The molecule has 118 valence electrons. The third-order valence-corrected chi connectivity index (χ3v) is 3.84. The molecule has 0 aliphatic carbocycles. The predicted octanol–water partition coefficient (Wildman–Crippen LogP) is 2.81. The Hall–Kier alpha value is -2.77. The number of fused-ring (bicyclic) bond motifs is 1. The molecule has 3 aromatic rings. The molecule has 0 radical (unpaired) electrons. The third-order valence-electron chi connectivity index (χ3n) is 3.84. The average molecular weight is 318 g/mol. The molecule has 6 nitrogen and oxygen atoms in total. The van der Waals surface area contributed by atoms with Gasteiger partial charge in [-0.15, -0.1) is 0 Å². The van der Waals surface area contributed by atoms with Gasteiger partial charge in [-0.25, -0.2) is 8.78 Å². The number of para-hydroxylation sites is 1. The first-order valence-corrected chi connectivity index (χ1v) is 7.08. The Morgan fingerprint density at radius 3 is 2.91 bits per heavy atom. The van der Waals surface area contributed by atoms with Gasteiger partial charge >= 0.3 is 0 Å². The molecule has 0 bridgehead atoms. The van der Waals surface area contributed by atoms with Gasteiger partial charge in [0.1, 0.15) is 5.75 Å². The number of hydrogen-bond acceptors (Lipinski definition) is 5. The van der Waals surface area contributed by atoms with Crippen LogP contribution < -0.4 is 4.74 Å². The smallest absolute Gasteiger partial charge is 0.275 e. The Balaban J connectivity index is 1.69. The van der Waals surface area contributed by atoms with Gasteiger partial charge < -0.3 is 9.26 Å². The molecule has 1 aliphatic rings. The van der Waals surface area contributed by atoms with Gasteiger partial charge in [-0.2, -0.15) is 10.1 Å². The minimum atomic E-state index is -2.65. The molecule has 1 aliphatic heterocycles. The van der Waals surface area contributed by atoms with Crippen LogP contribution in [-0.4, -0.2) is 32.9 Å². The van der Waals surface area contributed by atoms with Crippen LogP contribution in [0.1, 0.15) is 17.4 Å². The lowest BCUT2D eigenvalue weighted by atomic mass is 9.90. The molecular formula is C15H12F2N4O2. The van der Waals surface area contributed by atoms with Crippen LogP contribution in [0.4, 0.5) is 8.78 Å². The second-order valence-electron chi connectivity index (χ2n) is 5.28. The highest BCUT2D eigenvalue weighted by molar-refractivity contribution is 5.51. The summed E-state index contributed by atoms with van der Waals surface area (Å²) in [6, 6.07) is 7.13. The van der Waals surface area contributed by atoms with Crippen LogP contribution in [0, 0.1) is 0 Å². The fourth-order valence-electron chi connectivity index (χ4n) is 2.70. The quantitative estimate of drug-likeness (QED) is 0.803. The summed E-state index contributed by atoms with van der Waals surface area (Å²) >= 11 is 0. The van der Waals surface area contributed by atoms with Crippen molar-refractivity contribution in [2.24, 2.45) is 0 Å². The second-order valence-corrected chi connectivity index (χ2v) is 5.28. The van der Waals surface area contributed by atoms with Crippen LogP contribution in [0.15, 0.2) is 41.2 Å². The van der Waals surface area contributed by atoms with E-state index in [1.165, 1.54) is 6.20 Å². The minimum absolute atomic E-state index is 0.140. The van der Waals surface area contributed by atoms with E-state index in [-0.39, 0.29) is 5.89 Å². The molecule has 1 aromatic carbocycles. The average Bonchev–Trinajstić information content (AvgIpc) is 3.24. The van der Waals surface area contributed by atoms with E-state index in [0.29, 0.717) is 23.6 Å². The van der Waals surface area contributed by atoms with Gasteiger partial charge in [0.05, 0.1) is 17.7 Å². The summed E-state index contributed by atoms with van der Waals surface area (Å²) in [4.78, 5) is 4.23. The summed E-state index contributed by atoms with van der Waals surface area (Å²) < 4.78 is 37.5. The first kappa shape index (κ1) is 13.9. The standard InChI is InChI=1S/C15H12F2N4O2/c16-13(17)12-10(5-8-3-1-2-4-11(8)22-12)15-20-14(21-23-15)9-6-18-19-7-9/h1-4,6-7,10,12-13H,5H2,(H,18,19)/t10-,12-/m1/s1. The van der Waals surface area contributed by atoms with Crippen molar-refractivity contribution in [2.45, 2.75) is 24.9 Å². The number of rotatable bonds is 3. The molecule has 0 unspecified atom stereocenters. The summed E-state index contributed by atoms with van der Waals surface area (Å²) in [5.41, 5.74) is 1.48. The summed E-state index contributed by atoms with van der Waals surface area (Å²) in [7, 11) is 0. The highest BCUT2D eigenvalue weighted by Gasteiger charge is 2.40. The van der Waals surface area contributed by atoms with Crippen molar-refractivity contribution in [3.8, 4) is 17.1 Å². The number of nitrogens with one attached hydrogen (secondary N) is 1. The maximum atomic E-state index is 13.4. The van der Waals surface area contributed by atoms with Gasteiger partial charge in [0.15, 0.2) is 6.10 Å². The Morgan fingerprint density at radius 2 is 2.13 bits per heavy atom. The van der Waals surface area contributed by atoms with E-state index in [0.717, 1.165) is 5.56 Å². The third kappa shape index (κ3) is 2.45. The minimum Gasteiger partial charge on any atom is -0.483 e. The molecule has 3 heterocycles. The highest BCUT2D eigenvalue weighted by atomic mass is 19.3. The fraction of sp³-hybridized carbons (Fsp3) is 0.267. The maximum Gasteiger partial charge on any atom is 0.275 e. The van der Waals surface area contributed by atoms with E-state index < -0.39 is 18.4 Å². The molecule has 4 rings (SSSR count). The van der Waals surface area contributed by atoms with Gasteiger partial charge in [0.2, 0.25) is 11.7 Å². The van der Waals surface area contributed by atoms with E-state index in [4.69, 9.17) is 9.26 Å². The normalized spacial score (nSPS) is 20.3. The summed E-state index contributed by atoms with van der Waals surface area (Å²) in [6.45, 7) is 0. The van der Waals surface area contributed by atoms with E-state index in [1.54, 1.807) is 18.3 Å². The lowest BCUT2D eigenvalue weighted by molar-refractivity contribution is -0.0175. The molecule has 1 N–H and O–H groups in total. The molecule has 23 heavy (non-hydrogen) atoms. The first-order valence-electron chi connectivity index (χ1n) is 7.08. The van der Waals surface area contributed by atoms with Gasteiger partial charge in [0, 0.05) is 6.20 Å². The zero-order chi connectivity index (χ0) is 15.8. The molecular weight excluding hydrogens is 306 g/mol. The van der Waals surface area contributed by atoms with Crippen LogP contribution >= 0.6 is 0 Å². The number of aromatic amines is 1. The highest BCUT2D eigenvalue weighted by Crippen LogP contribution is 2.38. The molecule has 0 spiro atoms. The van der Waals surface area contributed by atoms with E-state index in [1.807, 2.05) is 12.1 Å². The molecule has 2 atom stereocenters. The number of ether oxygens (including phenoxy) is 1. The Bertz CT molecular complexity index is 803. The van der Waals surface area contributed by atoms with E-state index >= 15 is 0 Å². The summed E-state index contributed by atoms with van der Waals surface area (Å²) in [5.74, 6) is 0.225. The number of aromatic nitrogens is 4. The van der Waals surface area contributed by atoms with Crippen molar-refractivity contribution in [2.75, 3.05) is 0 Å². The zero-order valence-electron chi connectivity index (χ0n) is 11.8. The number of hydrogen-bond donors (Lipinski definition) is 1. The van der Waals surface area contributed by atoms with Crippen LogP contribution in [-0.2, 0) is 6.42 Å². The largest absolute Gasteiger partial charge is 0.483 e. The van der Waals surface area contributed by atoms with Crippen LogP contribution in [0.2, 0.25) is 0 Å². The lowest BCUT2D eigenvalue weighted by Crippen LogP contribution is -2.37. The molecule has 0 fully saturated rings. The number of benzene rings is 1. The van der Waals surface area contributed by atoms with E-state index in [2.05, 4.69) is 20.3 Å². The maximum absolute atomic E-state index is 13.4. The first-order chi connectivity index (χ1) is 11.2. The van der Waals surface area contributed by atoms with Crippen molar-refractivity contribution in [1.29, 1.82) is 0 Å². The van der Waals surface area contributed by atoms with Crippen molar-refractivity contribution in [3.63, 3.8) is 0 Å². The topological polar surface area (TPSA) is 76.8 Å². The summed E-state index contributed by atoms with van der Waals surface area (Å²) in [6.07, 6.45) is -0.476. The second kappa shape index (κ2) is 5.45. The number of halogens is 2. The number of nitrogens with zero attached hydrogens (tertiary/aromatic N) is 3. The Labute approximate surface area is 129 Å². The van der Waals surface area contributed by atoms with Gasteiger partial charge in [0.25, 0.3) is 6.43 Å². The number of alkyl halides is 2. The van der Waals surface area contributed by atoms with Crippen molar-refractivity contribution in [1.82, 2.24) is 20.3 Å². The van der Waals surface area contributed by atoms with E-state index in [9.17, 15) is 8.78 Å². The monoisotopic (exact) mass is 318 g/mol. The lowest BCUT2D eigenvalue weighted by Gasteiger charge is -2.30. The van der Waals surface area contributed by atoms with Gasteiger partial charge in [-0.05, 0) is 18.1 Å². The predicted molar refractivity (Wildman–Crippen MR) is 75.2 cm³/mol. The zero-order valence-corrected chi connectivity index (χ0v) is 11.8. The molecule has 0 saturated heterocycles. The van der Waals surface area contributed by atoms with Gasteiger partial charge in [-0.3, -0.25) is 5.10 Å². The van der Waals surface area contributed by atoms with Crippen molar-refractivity contribution >= 4 is 0 Å². The van der Waals surface area contributed by atoms with Crippen molar-refractivity contribution < 1.29 is 18.0 Å². The Kier molecular flexibility index (Phi) is 3.29. The molecule has 8 heteroatoms.